The molecule has 0 spiro atoms. The van der Waals surface area contributed by atoms with E-state index in [0.717, 1.165) is 5.56 Å². The second-order valence-electron chi connectivity index (χ2n) is 4.27. The van der Waals surface area contributed by atoms with Gasteiger partial charge >= 0.3 is 0 Å². The Labute approximate surface area is 122 Å². The average Bonchev–Trinajstić information content (AvgIpc) is 2.46. The van der Waals surface area contributed by atoms with Crippen molar-refractivity contribution in [3.05, 3.63) is 72.8 Å². The molecule has 0 aliphatic rings. The largest absolute Gasteiger partial charge is 0.489 e. The monoisotopic (exact) mass is 286 g/mol. The number of aromatic nitrogens is 2. The molecule has 4 nitrogen and oxygen atoms in total. The summed E-state index contributed by atoms with van der Waals surface area (Å²) in [5.41, 5.74) is 0.798. The fraction of sp³-hybridized carbons (Fsp3) is 0.125. The van der Waals surface area contributed by atoms with Crippen LogP contribution in [0, 0.1) is 5.82 Å². The third-order valence-electron chi connectivity index (χ3n) is 2.50. The normalized spacial score (nSPS) is 11.0. The van der Waals surface area contributed by atoms with E-state index in [1.54, 1.807) is 37.5 Å². The Morgan fingerprint density at radius 2 is 1.95 bits per heavy atom. The fourth-order valence-electron chi connectivity index (χ4n) is 1.64. The van der Waals surface area contributed by atoms with Crippen molar-refractivity contribution in [2.75, 3.05) is 0 Å². The SMILES string of the molecule is C=C/C=C(\C)Oc1cc(F)cc(OCc2cncnc2)c1. The van der Waals surface area contributed by atoms with E-state index < -0.39 is 5.82 Å². The summed E-state index contributed by atoms with van der Waals surface area (Å²) in [6.07, 6.45) is 8.00. The zero-order valence-electron chi connectivity index (χ0n) is 11.6. The van der Waals surface area contributed by atoms with Crippen molar-refractivity contribution in [1.82, 2.24) is 9.97 Å². The van der Waals surface area contributed by atoms with Crippen LogP contribution in [0.15, 0.2) is 61.4 Å². The van der Waals surface area contributed by atoms with Gasteiger partial charge in [-0.2, -0.15) is 0 Å². The molecular formula is C16H15FN2O2. The van der Waals surface area contributed by atoms with Crippen LogP contribution in [-0.4, -0.2) is 9.97 Å². The average molecular weight is 286 g/mol. The van der Waals surface area contributed by atoms with Crippen LogP contribution in [0.4, 0.5) is 4.39 Å². The number of hydrogen-bond acceptors (Lipinski definition) is 4. The highest BCUT2D eigenvalue weighted by molar-refractivity contribution is 5.35. The molecule has 2 rings (SSSR count). The third-order valence-corrected chi connectivity index (χ3v) is 2.50. The summed E-state index contributed by atoms with van der Waals surface area (Å²) in [6, 6.07) is 4.20. The third kappa shape index (κ3) is 4.72. The molecular weight excluding hydrogens is 271 g/mol. The van der Waals surface area contributed by atoms with Crippen LogP contribution in [0.1, 0.15) is 12.5 Å². The molecule has 0 radical (unpaired) electrons. The quantitative estimate of drug-likeness (QED) is 0.600. The van der Waals surface area contributed by atoms with Gasteiger partial charge in [0.25, 0.3) is 0 Å². The first-order chi connectivity index (χ1) is 10.2. The molecule has 0 amide bonds. The Kier molecular flexibility index (Phi) is 5.04. The van der Waals surface area contributed by atoms with Gasteiger partial charge in [0.15, 0.2) is 0 Å². The van der Waals surface area contributed by atoms with Crippen molar-refractivity contribution < 1.29 is 13.9 Å². The molecule has 0 saturated carbocycles. The predicted molar refractivity (Wildman–Crippen MR) is 77.3 cm³/mol. The minimum Gasteiger partial charge on any atom is -0.489 e. The summed E-state index contributed by atoms with van der Waals surface area (Å²) in [7, 11) is 0. The van der Waals surface area contributed by atoms with E-state index in [1.165, 1.54) is 18.5 Å². The summed E-state index contributed by atoms with van der Waals surface area (Å²) in [5, 5.41) is 0. The summed E-state index contributed by atoms with van der Waals surface area (Å²) in [6.45, 7) is 5.59. The topological polar surface area (TPSA) is 44.2 Å². The Morgan fingerprint density at radius 1 is 1.24 bits per heavy atom. The van der Waals surface area contributed by atoms with Crippen LogP contribution < -0.4 is 9.47 Å². The first kappa shape index (κ1) is 14.7. The molecule has 0 saturated heterocycles. The van der Waals surface area contributed by atoms with E-state index >= 15 is 0 Å². The van der Waals surface area contributed by atoms with E-state index in [1.807, 2.05) is 0 Å². The van der Waals surface area contributed by atoms with Crippen LogP contribution >= 0.6 is 0 Å². The van der Waals surface area contributed by atoms with E-state index in [9.17, 15) is 4.39 Å². The van der Waals surface area contributed by atoms with Gasteiger partial charge in [-0.1, -0.05) is 12.7 Å². The zero-order valence-corrected chi connectivity index (χ0v) is 11.6. The number of allylic oxidation sites excluding steroid dienone is 3. The number of nitrogens with zero attached hydrogens (tertiary/aromatic N) is 2. The van der Waals surface area contributed by atoms with Gasteiger partial charge in [0, 0.05) is 36.2 Å². The summed E-state index contributed by atoms with van der Waals surface area (Å²) in [4.78, 5) is 7.77. The van der Waals surface area contributed by atoms with Gasteiger partial charge in [-0.3, -0.25) is 0 Å². The molecule has 0 aliphatic heterocycles. The van der Waals surface area contributed by atoms with Crippen LogP contribution in [0.3, 0.4) is 0 Å². The Balaban J connectivity index is 2.08. The van der Waals surface area contributed by atoms with Crippen molar-refractivity contribution in [2.24, 2.45) is 0 Å². The molecule has 0 bridgehead atoms. The first-order valence-corrected chi connectivity index (χ1v) is 6.32. The highest BCUT2D eigenvalue weighted by atomic mass is 19.1. The molecule has 0 unspecified atom stereocenters. The number of halogens is 1. The number of ether oxygens (including phenoxy) is 2. The van der Waals surface area contributed by atoms with Gasteiger partial charge in [-0.05, 0) is 13.0 Å². The van der Waals surface area contributed by atoms with Crippen molar-refractivity contribution in [2.45, 2.75) is 13.5 Å². The number of hydrogen-bond donors (Lipinski definition) is 0. The summed E-state index contributed by atoms with van der Waals surface area (Å²) in [5.74, 6) is 0.918. The van der Waals surface area contributed by atoms with Crippen molar-refractivity contribution in [3.8, 4) is 11.5 Å². The fourth-order valence-corrected chi connectivity index (χ4v) is 1.64. The molecule has 1 aromatic carbocycles. The minimum absolute atomic E-state index is 0.255. The minimum atomic E-state index is -0.432. The van der Waals surface area contributed by atoms with Gasteiger partial charge in [-0.15, -0.1) is 0 Å². The van der Waals surface area contributed by atoms with Crippen LogP contribution in [0.25, 0.3) is 0 Å². The molecule has 21 heavy (non-hydrogen) atoms. The van der Waals surface area contributed by atoms with E-state index in [0.29, 0.717) is 17.3 Å². The first-order valence-electron chi connectivity index (χ1n) is 6.32. The summed E-state index contributed by atoms with van der Waals surface area (Å²) >= 11 is 0. The van der Waals surface area contributed by atoms with Crippen molar-refractivity contribution in [1.29, 1.82) is 0 Å². The summed E-state index contributed by atoms with van der Waals surface area (Å²) < 4.78 is 24.6. The maximum absolute atomic E-state index is 13.6. The van der Waals surface area contributed by atoms with Crippen molar-refractivity contribution >= 4 is 0 Å². The molecule has 0 fully saturated rings. The van der Waals surface area contributed by atoms with Gasteiger partial charge in [-0.25, -0.2) is 14.4 Å². The van der Waals surface area contributed by atoms with Crippen LogP contribution in [0.5, 0.6) is 11.5 Å². The molecule has 5 heteroatoms. The highest BCUT2D eigenvalue weighted by Crippen LogP contribution is 2.24. The molecule has 1 heterocycles. The smallest absolute Gasteiger partial charge is 0.133 e. The standard InChI is InChI=1S/C16H15FN2O2/c1-3-4-12(2)21-16-6-14(17)5-15(7-16)20-10-13-8-18-11-19-9-13/h3-9,11H,1,10H2,2H3/b12-4+. The van der Waals surface area contributed by atoms with Crippen molar-refractivity contribution in [3.63, 3.8) is 0 Å². The maximum Gasteiger partial charge on any atom is 0.133 e. The molecule has 0 aliphatic carbocycles. The Morgan fingerprint density at radius 3 is 2.67 bits per heavy atom. The molecule has 108 valence electrons. The predicted octanol–water partition coefficient (Wildman–Crippen LogP) is 3.66. The number of benzene rings is 1. The lowest BCUT2D eigenvalue weighted by Gasteiger charge is -2.10. The second kappa shape index (κ2) is 7.19. The lowest BCUT2D eigenvalue weighted by molar-refractivity contribution is 0.301. The van der Waals surface area contributed by atoms with Crippen LogP contribution in [-0.2, 0) is 6.61 Å². The maximum atomic E-state index is 13.6. The van der Waals surface area contributed by atoms with Gasteiger partial charge in [0.1, 0.15) is 36.0 Å². The Bertz CT molecular complexity index is 642. The highest BCUT2D eigenvalue weighted by Gasteiger charge is 2.04. The van der Waals surface area contributed by atoms with E-state index in [2.05, 4.69) is 16.5 Å². The van der Waals surface area contributed by atoms with Gasteiger partial charge < -0.3 is 9.47 Å². The lowest BCUT2D eigenvalue weighted by Crippen LogP contribution is -1.98. The zero-order chi connectivity index (χ0) is 15.1. The van der Waals surface area contributed by atoms with Gasteiger partial charge in [0.2, 0.25) is 0 Å². The van der Waals surface area contributed by atoms with Crippen LogP contribution in [0.2, 0.25) is 0 Å². The Hall–Kier alpha value is -2.69. The molecule has 1 aromatic heterocycles. The lowest BCUT2D eigenvalue weighted by atomic mass is 10.3. The molecule has 0 N–H and O–H groups in total. The second-order valence-corrected chi connectivity index (χ2v) is 4.27. The molecule has 2 aromatic rings. The van der Waals surface area contributed by atoms with Gasteiger partial charge in [0.05, 0.1) is 0 Å². The van der Waals surface area contributed by atoms with E-state index in [-0.39, 0.29) is 6.61 Å². The molecule has 0 atom stereocenters. The van der Waals surface area contributed by atoms with E-state index in [4.69, 9.17) is 9.47 Å². The number of rotatable bonds is 6.